The predicted octanol–water partition coefficient (Wildman–Crippen LogP) is 3.17. The average Bonchev–Trinajstić information content (AvgIpc) is 2.59. The van der Waals surface area contributed by atoms with Crippen molar-refractivity contribution in [2.24, 2.45) is 5.10 Å². The van der Waals surface area contributed by atoms with Gasteiger partial charge in [0.2, 0.25) is 0 Å². The normalized spacial score (nSPS) is 11.2. The Bertz CT molecular complexity index is 915. The number of para-hydroxylation sites is 2. The third kappa shape index (κ3) is 2.81. The maximum atomic E-state index is 12.6. The van der Waals surface area contributed by atoms with E-state index in [1.165, 1.54) is 6.21 Å². The molecule has 5 nitrogen and oxygen atoms in total. The molecule has 0 saturated heterocycles. The summed E-state index contributed by atoms with van der Waals surface area (Å²) in [6.45, 7) is 2.42. The molecule has 23 heavy (non-hydrogen) atoms. The van der Waals surface area contributed by atoms with Gasteiger partial charge in [0.15, 0.2) is 0 Å². The molecule has 0 saturated carbocycles. The van der Waals surface area contributed by atoms with Crippen molar-refractivity contribution in [2.45, 2.75) is 13.5 Å². The Labute approximate surface area is 133 Å². The lowest BCUT2D eigenvalue weighted by Crippen LogP contribution is -2.23. The summed E-state index contributed by atoms with van der Waals surface area (Å²) in [5.41, 5.74) is 4.28. The second-order valence-corrected chi connectivity index (χ2v) is 5.06. The molecule has 0 bridgehead atoms. The number of nitrogens with one attached hydrogen (secondary N) is 1. The Morgan fingerprint density at radius 2 is 1.83 bits per heavy atom. The number of rotatable bonds is 4. The van der Waals surface area contributed by atoms with Crippen molar-refractivity contribution < 1.29 is 5.11 Å². The molecular formula is C18H17N3O2. The Balaban J connectivity index is 2.05. The van der Waals surface area contributed by atoms with Crippen LogP contribution in [0.1, 0.15) is 12.5 Å². The maximum Gasteiger partial charge on any atom is 0.263 e. The maximum absolute atomic E-state index is 12.6. The zero-order valence-electron chi connectivity index (χ0n) is 12.7. The number of hydrogen-bond donors (Lipinski definition) is 2. The fourth-order valence-corrected chi connectivity index (χ4v) is 2.52. The Morgan fingerprint density at radius 1 is 1.13 bits per heavy atom. The first kappa shape index (κ1) is 14.8. The van der Waals surface area contributed by atoms with Crippen LogP contribution in [-0.4, -0.2) is 15.9 Å². The van der Waals surface area contributed by atoms with Gasteiger partial charge >= 0.3 is 0 Å². The van der Waals surface area contributed by atoms with Crippen LogP contribution in [0.4, 0.5) is 5.69 Å². The number of aromatic hydroxyl groups is 1. The number of aryl methyl sites for hydroxylation is 1. The van der Waals surface area contributed by atoms with Crippen molar-refractivity contribution in [3.05, 3.63) is 70.5 Å². The molecule has 0 aliphatic heterocycles. The molecule has 3 aromatic rings. The summed E-state index contributed by atoms with van der Waals surface area (Å²) in [6.07, 6.45) is 1.36. The summed E-state index contributed by atoms with van der Waals surface area (Å²) < 4.78 is 1.62. The smallest absolute Gasteiger partial charge is 0.263 e. The molecule has 2 N–H and O–H groups in total. The lowest BCUT2D eigenvalue weighted by molar-refractivity contribution is 0.478. The summed E-state index contributed by atoms with van der Waals surface area (Å²) in [5, 5.41) is 15.1. The lowest BCUT2D eigenvalue weighted by atomic mass is 10.1. The quantitative estimate of drug-likeness (QED) is 0.574. The zero-order valence-corrected chi connectivity index (χ0v) is 12.7. The highest BCUT2D eigenvalue weighted by Gasteiger charge is 2.13. The van der Waals surface area contributed by atoms with E-state index in [2.05, 4.69) is 10.5 Å². The van der Waals surface area contributed by atoms with Crippen LogP contribution >= 0.6 is 0 Å². The van der Waals surface area contributed by atoms with Gasteiger partial charge in [-0.15, -0.1) is 0 Å². The van der Waals surface area contributed by atoms with Gasteiger partial charge in [-0.2, -0.15) is 5.10 Å². The number of anilines is 1. The van der Waals surface area contributed by atoms with E-state index in [1.54, 1.807) is 10.6 Å². The molecule has 0 fully saturated rings. The summed E-state index contributed by atoms with van der Waals surface area (Å²) in [4.78, 5) is 12.6. The van der Waals surface area contributed by atoms with Crippen LogP contribution in [0.2, 0.25) is 0 Å². The number of fused-ring (bicyclic) bond motifs is 1. The fraction of sp³-hybridized carbons (Fsp3) is 0.111. The molecule has 116 valence electrons. The minimum absolute atomic E-state index is 0.0473. The molecule has 0 spiro atoms. The number of hydrazone groups is 1. The third-order valence-corrected chi connectivity index (χ3v) is 3.66. The molecule has 0 aliphatic rings. The number of pyridine rings is 1. The molecule has 1 heterocycles. The van der Waals surface area contributed by atoms with E-state index in [-0.39, 0.29) is 16.9 Å². The van der Waals surface area contributed by atoms with Crippen molar-refractivity contribution >= 4 is 22.8 Å². The van der Waals surface area contributed by atoms with Gasteiger partial charge in [-0.05, 0) is 31.2 Å². The Kier molecular flexibility index (Phi) is 4.10. The standard InChI is InChI=1S/C18H17N3O2/c1-2-21-16-11-7-6-10-14(16)17(22)15(18(21)23)12-19-20-13-8-4-3-5-9-13/h3-12,20,22H,2H2,1H3. The molecule has 0 atom stereocenters. The summed E-state index contributed by atoms with van der Waals surface area (Å²) in [7, 11) is 0. The predicted molar refractivity (Wildman–Crippen MR) is 93.2 cm³/mol. The second kappa shape index (κ2) is 6.36. The molecule has 3 rings (SSSR count). The van der Waals surface area contributed by atoms with E-state index in [0.717, 1.165) is 5.69 Å². The van der Waals surface area contributed by atoms with Crippen molar-refractivity contribution in [1.82, 2.24) is 4.57 Å². The number of nitrogens with zero attached hydrogens (tertiary/aromatic N) is 2. The van der Waals surface area contributed by atoms with Gasteiger partial charge in [-0.1, -0.05) is 30.3 Å². The second-order valence-electron chi connectivity index (χ2n) is 5.06. The molecule has 0 unspecified atom stereocenters. The monoisotopic (exact) mass is 307 g/mol. The molecule has 0 aliphatic carbocycles. The third-order valence-electron chi connectivity index (χ3n) is 3.66. The van der Waals surface area contributed by atoms with Gasteiger partial charge in [0.1, 0.15) is 11.3 Å². The zero-order chi connectivity index (χ0) is 16.2. The summed E-state index contributed by atoms with van der Waals surface area (Å²) >= 11 is 0. The minimum atomic E-state index is -0.262. The first-order valence-electron chi connectivity index (χ1n) is 7.41. The van der Waals surface area contributed by atoms with Crippen LogP contribution < -0.4 is 11.0 Å². The number of hydrogen-bond acceptors (Lipinski definition) is 4. The highest BCUT2D eigenvalue weighted by atomic mass is 16.3. The van der Waals surface area contributed by atoms with Crippen LogP contribution in [0, 0.1) is 0 Å². The van der Waals surface area contributed by atoms with Gasteiger partial charge in [0.25, 0.3) is 5.56 Å². The van der Waals surface area contributed by atoms with Gasteiger partial charge in [-0.25, -0.2) is 0 Å². The SMILES string of the molecule is CCn1c(=O)c(C=NNc2ccccc2)c(O)c2ccccc21. The van der Waals surface area contributed by atoms with E-state index >= 15 is 0 Å². The van der Waals surface area contributed by atoms with Crippen molar-refractivity contribution in [3.63, 3.8) is 0 Å². The van der Waals surface area contributed by atoms with Gasteiger partial charge in [0.05, 0.1) is 17.4 Å². The highest BCUT2D eigenvalue weighted by Crippen LogP contribution is 2.25. The van der Waals surface area contributed by atoms with Crippen molar-refractivity contribution in [2.75, 3.05) is 5.43 Å². The van der Waals surface area contributed by atoms with Gasteiger partial charge in [0, 0.05) is 11.9 Å². The molecule has 5 heteroatoms. The Morgan fingerprint density at radius 3 is 2.57 bits per heavy atom. The van der Waals surface area contributed by atoms with Gasteiger partial charge in [-0.3, -0.25) is 10.2 Å². The van der Waals surface area contributed by atoms with E-state index < -0.39 is 0 Å². The van der Waals surface area contributed by atoms with Gasteiger partial charge < -0.3 is 9.67 Å². The Hall–Kier alpha value is -3.08. The number of benzene rings is 2. The van der Waals surface area contributed by atoms with Crippen LogP contribution in [-0.2, 0) is 6.54 Å². The van der Waals surface area contributed by atoms with E-state index in [0.29, 0.717) is 17.4 Å². The van der Waals surface area contributed by atoms with Crippen molar-refractivity contribution in [3.8, 4) is 5.75 Å². The summed E-state index contributed by atoms with van der Waals surface area (Å²) in [6, 6.07) is 16.7. The van der Waals surface area contributed by atoms with Crippen LogP contribution in [0.3, 0.4) is 0 Å². The first-order valence-corrected chi connectivity index (χ1v) is 7.41. The van der Waals surface area contributed by atoms with Crippen LogP contribution in [0.15, 0.2) is 64.5 Å². The molecule has 1 aromatic heterocycles. The first-order chi connectivity index (χ1) is 11.2. The summed E-state index contributed by atoms with van der Waals surface area (Å²) in [5.74, 6) is -0.0473. The largest absolute Gasteiger partial charge is 0.506 e. The number of aromatic nitrogens is 1. The average molecular weight is 307 g/mol. The highest BCUT2D eigenvalue weighted by molar-refractivity contribution is 5.95. The van der Waals surface area contributed by atoms with E-state index in [1.807, 2.05) is 55.5 Å². The van der Waals surface area contributed by atoms with Crippen LogP contribution in [0.5, 0.6) is 5.75 Å². The molecular weight excluding hydrogens is 290 g/mol. The molecule has 0 amide bonds. The molecule has 2 aromatic carbocycles. The topological polar surface area (TPSA) is 66.6 Å². The minimum Gasteiger partial charge on any atom is -0.506 e. The fourth-order valence-electron chi connectivity index (χ4n) is 2.52. The van der Waals surface area contributed by atoms with E-state index in [4.69, 9.17) is 0 Å². The molecule has 0 radical (unpaired) electrons. The van der Waals surface area contributed by atoms with Crippen molar-refractivity contribution in [1.29, 1.82) is 0 Å². The van der Waals surface area contributed by atoms with E-state index in [9.17, 15) is 9.90 Å². The van der Waals surface area contributed by atoms with Crippen LogP contribution in [0.25, 0.3) is 10.9 Å². The lowest BCUT2D eigenvalue weighted by Gasteiger charge is -2.11.